The molecule has 9 heteroatoms. The maximum Gasteiger partial charge on any atom is 0.259 e. The Morgan fingerprint density at radius 2 is 1.83 bits per heavy atom. The monoisotopic (exact) mass is 432 g/mol. The molecule has 2 aromatic carbocycles. The minimum Gasteiger partial charge on any atom is -0.332 e. The SMILES string of the molecule is Cc1nn(Cc2ccc(F)cc2)c(Cl)c1C(=O)N(C)CC(=O)Nc1cccc(F)c1. The molecule has 0 bridgehead atoms. The second-order valence-corrected chi connectivity index (χ2v) is 7.11. The summed E-state index contributed by atoms with van der Waals surface area (Å²) < 4.78 is 27.8. The van der Waals surface area contributed by atoms with Crippen LogP contribution in [0.1, 0.15) is 21.6 Å². The van der Waals surface area contributed by atoms with E-state index in [1.54, 1.807) is 25.1 Å². The molecule has 0 aliphatic rings. The van der Waals surface area contributed by atoms with Gasteiger partial charge in [-0.1, -0.05) is 29.8 Å². The van der Waals surface area contributed by atoms with Crippen molar-refractivity contribution in [3.63, 3.8) is 0 Å². The van der Waals surface area contributed by atoms with Gasteiger partial charge in [0, 0.05) is 12.7 Å². The number of rotatable bonds is 6. The van der Waals surface area contributed by atoms with Crippen molar-refractivity contribution in [3.8, 4) is 0 Å². The first-order chi connectivity index (χ1) is 14.2. The number of amides is 2. The average molecular weight is 433 g/mol. The molecule has 0 aliphatic heterocycles. The lowest BCUT2D eigenvalue weighted by molar-refractivity contribution is -0.116. The number of anilines is 1. The molecule has 0 spiro atoms. The molecule has 0 saturated carbocycles. The van der Waals surface area contributed by atoms with Gasteiger partial charge in [0.1, 0.15) is 16.8 Å². The van der Waals surface area contributed by atoms with Crippen molar-refractivity contribution in [1.29, 1.82) is 0 Å². The molecule has 3 aromatic rings. The zero-order valence-electron chi connectivity index (χ0n) is 16.3. The number of halogens is 3. The normalized spacial score (nSPS) is 10.7. The summed E-state index contributed by atoms with van der Waals surface area (Å²) in [5, 5.41) is 6.95. The molecule has 0 saturated heterocycles. The standard InChI is InChI=1S/C21H19ClF2N4O2/c1-13-19(20(22)28(26-13)11-14-6-8-15(23)9-7-14)21(30)27(2)12-18(29)25-17-5-3-4-16(24)10-17/h3-10H,11-12H2,1-2H3,(H,25,29). The molecule has 30 heavy (non-hydrogen) atoms. The van der Waals surface area contributed by atoms with Crippen LogP contribution in [0.4, 0.5) is 14.5 Å². The van der Waals surface area contributed by atoms with E-state index in [-0.39, 0.29) is 29.6 Å². The number of likely N-dealkylation sites (N-methyl/N-ethyl adjacent to an activating group) is 1. The molecule has 3 rings (SSSR count). The minimum atomic E-state index is -0.482. The summed E-state index contributed by atoms with van der Waals surface area (Å²) in [5.74, 6) is -1.79. The topological polar surface area (TPSA) is 67.2 Å². The van der Waals surface area contributed by atoms with Crippen molar-refractivity contribution in [2.45, 2.75) is 13.5 Å². The summed E-state index contributed by atoms with van der Waals surface area (Å²) >= 11 is 6.37. The second kappa shape index (κ2) is 9.04. The van der Waals surface area contributed by atoms with Gasteiger partial charge in [0.05, 0.1) is 24.3 Å². The first-order valence-corrected chi connectivity index (χ1v) is 9.40. The van der Waals surface area contributed by atoms with Crippen molar-refractivity contribution in [3.05, 3.63) is 82.1 Å². The Balaban J connectivity index is 1.70. The molecule has 0 aliphatic carbocycles. The highest BCUT2D eigenvalue weighted by Crippen LogP contribution is 2.22. The third-order valence-corrected chi connectivity index (χ3v) is 4.74. The number of nitrogens with zero attached hydrogens (tertiary/aromatic N) is 3. The van der Waals surface area contributed by atoms with E-state index in [2.05, 4.69) is 10.4 Å². The predicted octanol–water partition coefficient (Wildman–Crippen LogP) is 3.88. The fourth-order valence-electron chi connectivity index (χ4n) is 2.91. The van der Waals surface area contributed by atoms with Gasteiger partial charge in [0.15, 0.2) is 0 Å². The predicted molar refractivity (Wildman–Crippen MR) is 109 cm³/mol. The van der Waals surface area contributed by atoms with Gasteiger partial charge in [-0.3, -0.25) is 9.59 Å². The molecular formula is C21H19ClF2N4O2. The van der Waals surface area contributed by atoms with Crippen molar-refractivity contribution in [2.24, 2.45) is 0 Å². The largest absolute Gasteiger partial charge is 0.332 e. The van der Waals surface area contributed by atoms with Crippen LogP contribution in [-0.4, -0.2) is 40.1 Å². The summed E-state index contributed by atoms with van der Waals surface area (Å²) in [5.41, 5.74) is 1.65. The Bertz CT molecular complexity index is 1080. The van der Waals surface area contributed by atoms with E-state index in [1.807, 2.05) is 0 Å². The van der Waals surface area contributed by atoms with E-state index in [9.17, 15) is 18.4 Å². The van der Waals surface area contributed by atoms with Crippen LogP contribution in [0.3, 0.4) is 0 Å². The van der Waals surface area contributed by atoms with Crippen LogP contribution in [-0.2, 0) is 11.3 Å². The van der Waals surface area contributed by atoms with Gasteiger partial charge in [-0.05, 0) is 42.8 Å². The Morgan fingerprint density at radius 1 is 1.13 bits per heavy atom. The Labute approximate surface area is 177 Å². The lowest BCUT2D eigenvalue weighted by Gasteiger charge is -2.17. The molecular weight excluding hydrogens is 414 g/mol. The zero-order chi connectivity index (χ0) is 21.8. The maximum atomic E-state index is 13.2. The molecule has 0 atom stereocenters. The van der Waals surface area contributed by atoms with Crippen LogP contribution in [0.2, 0.25) is 5.15 Å². The molecule has 6 nitrogen and oxygen atoms in total. The smallest absolute Gasteiger partial charge is 0.259 e. The summed E-state index contributed by atoms with van der Waals surface area (Å²) in [4.78, 5) is 26.2. The third kappa shape index (κ3) is 5.01. The van der Waals surface area contributed by atoms with Gasteiger partial charge >= 0.3 is 0 Å². The molecule has 0 fully saturated rings. The molecule has 1 heterocycles. The van der Waals surface area contributed by atoms with E-state index in [4.69, 9.17) is 11.6 Å². The third-order valence-electron chi connectivity index (χ3n) is 4.36. The summed E-state index contributed by atoms with van der Waals surface area (Å²) in [6.45, 7) is 1.65. The average Bonchev–Trinajstić information content (AvgIpc) is 2.96. The van der Waals surface area contributed by atoms with Crippen molar-refractivity contribution < 1.29 is 18.4 Å². The van der Waals surface area contributed by atoms with Gasteiger partial charge in [-0.25, -0.2) is 13.5 Å². The number of hydrogen-bond acceptors (Lipinski definition) is 3. The maximum absolute atomic E-state index is 13.2. The first kappa shape index (κ1) is 21.4. The molecule has 0 unspecified atom stereocenters. The molecule has 156 valence electrons. The Hall–Kier alpha value is -3.26. The van der Waals surface area contributed by atoms with Crippen LogP contribution in [0.15, 0.2) is 48.5 Å². The highest BCUT2D eigenvalue weighted by molar-refractivity contribution is 6.33. The highest BCUT2D eigenvalue weighted by Gasteiger charge is 2.24. The summed E-state index contributed by atoms with van der Waals surface area (Å²) in [7, 11) is 1.46. The van der Waals surface area contributed by atoms with Gasteiger partial charge < -0.3 is 10.2 Å². The number of aryl methyl sites for hydroxylation is 1. The highest BCUT2D eigenvalue weighted by atomic mass is 35.5. The van der Waals surface area contributed by atoms with Crippen molar-refractivity contribution in [1.82, 2.24) is 14.7 Å². The van der Waals surface area contributed by atoms with Crippen LogP contribution in [0, 0.1) is 18.6 Å². The molecule has 2 amide bonds. The lowest BCUT2D eigenvalue weighted by atomic mass is 10.2. The quantitative estimate of drug-likeness (QED) is 0.642. The first-order valence-electron chi connectivity index (χ1n) is 9.03. The molecule has 1 aromatic heterocycles. The van der Waals surface area contributed by atoms with E-state index in [1.165, 1.54) is 47.0 Å². The van der Waals surface area contributed by atoms with Gasteiger partial charge in [0.2, 0.25) is 5.91 Å². The molecule has 1 N–H and O–H groups in total. The van der Waals surface area contributed by atoms with Crippen LogP contribution >= 0.6 is 11.6 Å². The minimum absolute atomic E-state index is 0.124. The Kier molecular flexibility index (Phi) is 6.47. The summed E-state index contributed by atoms with van der Waals surface area (Å²) in [6.07, 6.45) is 0. The number of aromatic nitrogens is 2. The number of benzene rings is 2. The second-order valence-electron chi connectivity index (χ2n) is 6.76. The van der Waals surface area contributed by atoms with Crippen LogP contribution < -0.4 is 5.32 Å². The zero-order valence-corrected chi connectivity index (χ0v) is 17.1. The number of hydrogen-bond donors (Lipinski definition) is 1. The number of carbonyl (C=O) groups excluding carboxylic acids is 2. The van der Waals surface area contributed by atoms with E-state index in [0.717, 1.165) is 5.56 Å². The Morgan fingerprint density at radius 3 is 2.50 bits per heavy atom. The fraction of sp³-hybridized carbons (Fsp3) is 0.190. The van der Waals surface area contributed by atoms with Crippen molar-refractivity contribution >= 4 is 29.1 Å². The van der Waals surface area contributed by atoms with Gasteiger partial charge in [0.25, 0.3) is 5.91 Å². The van der Waals surface area contributed by atoms with Gasteiger partial charge in [-0.15, -0.1) is 0 Å². The van der Waals surface area contributed by atoms with Gasteiger partial charge in [-0.2, -0.15) is 5.10 Å². The fourth-order valence-corrected chi connectivity index (χ4v) is 3.22. The lowest BCUT2D eigenvalue weighted by Crippen LogP contribution is -2.35. The van der Waals surface area contributed by atoms with Crippen molar-refractivity contribution in [2.75, 3.05) is 18.9 Å². The number of carbonyl (C=O) groups is 2. The van der Waals surface area contributed by atoms with E-state index >= 15 is 0 Å². The summed E-state index contributed by atoms with van der Waals surface area (Å²) in [6, 6.07) is 11.3. The van der Waals surface area contributed by atoms with Crippen LogP contribution in [0.5, 0.6) is 0 Å². The molecule has 0 radical (unpaired) electrons. The number of nitrogens with one attached hydrogen (secondary N) is 1. The van der Waals surface area contributed by atoms with E-state index in [0.29, 0.717) is 11.4 Å². The van der Waals surface area contributed by atoms with E-state index < -0.39 is 17.6 Å². The van der Waals surface area contributed by atoms with Crippen LogP contribution in [0.25, 0.3) is 0 Å².